The second-order valence-electron chi connectivity index (χ2n) is 6.49. The normalized spacial score (nSPS) is 32.8. The molecule has 21 heavy (non-hydrogen) atoms. The molecule has 0 aromatic rings. The molecule has 0 aromatic carbocycles. The molecular formula is C16H29N3O2. The molecule has 2 saturated heterocycles. The first-order valence-electron chi connectivity index (χ1n) is 8.59. The predicted molar refractivity (Wildman–Crippen MR) is 83.6 cm³/mol. The van der Waals surface area contributed by atoms with Crippen molar-refractivity contribution in [2.45, 2.75) is 75.7 Å². The molecular weight excluding hydrogens is 266 g/mol. The van der Waals surface area contributed by atoms with Crippen LogP contribution in [0.4, 0.5) is 0 Å². The molecule has 5 heteroatoms. The van der Waals surface area contributed by atoms with E-state index in [2.05, 4.69) is 15.6 Å². The third-order valence-corrected chi connectivity index (χ3v) is 4.92. The van der Waals surface area contributed by atoms with Gasteiger partial charge in [-0.05, 0) is 38.5 Å². The quantitative estimate of drug-likeness (QED) is 0.446. The number of aliphatic imine (C=N–C) groups is 1. The zero-order valence-electron chi connectivity index (χ0n) is 13.1. The molecule has 2 N–H and O–H groups in total. The average Bonchev–Trinajstić information content (AvgIpc) is 3.23. The van der Waals surface area contributed by atoms with Crippen molar-refractivity contribution in [1.29, 1.82) is 0 Å². The van der Waals surface area contributed by atoms with E-state index < -0.39 is 0 Å². The predicted octanol–water partition coefficient (Wildman–Crippen LogP) is 1.82. The van der Waals surface area contributed by atoms with Crippen LogP contribution in [0.3, 0.4) is 0 Å². The van der Waals surface area contributed by atoms with Gasteiger partial charge in [-0.25, -0.2) is 0 Å². The lowest BCUT2D eigenvalue weighted by Crippen LogP contribution is -2.47. The van der Waals surface area contributed by atoms with Crippen LogP contribution in [-0.4, -0.2) is 50.5 Å². The number of fused-ring (bicyclic) bond motifs is 2. The van der Waals surface area contributed by atoms with E-state index >= 15 is 0 Å². The van der Waals surface area contributed by atoms with E-state index in [4.69, 9.17) is 9.47 Å². The van der Waals surface area contributed by atoms with E-state index in [9.17, 15) is 0 Å². The van der Waals surface area contributed by atoms with Crippen molar-refractivity contribution in [3.8, 4) is 0 Å². The first kappa shape index (κ1) is 15.1. The van der Waals surface area contributed by atoms with Crippen LogP contribution in [0.5, 0.6) is 0 Å². The van der Waals surface area contributed by atoms with Gasteiger partial charge in [0.15, 0.2) is 5.96 Å². The Labute approximate surface area is 127 Å². The summed E-state index contributed by atoms with van der Waals surface area (Å²) < 4.78 is 11.7. The summed E-state index contributed by atoms with van der Waals surface area (Å²) in [6.07, 6.45) is 11.1. The Bertz CT molecular complexity index is 355. The van der Waals surface area contributed by atoms with E-state index in [0.29, 0.717) is 24.4 Å². The van der Waals surface area contributed by atoms with Crippen LogP contribution in [0.2, 0.25) is 0 Å². The number of nitrogens with zero attached hydrogens (tertiary/aromatic N) is 1. The van der Waals surface area contributed by atoms with E-state index in [1.54, 1.807) is 0 Å². The second kappa shape index (κ2) is 7.45. The minimum Gasteiger partial charge on any atom is -0.378 e. The molecule has 3 aliphatic rings. The highest BCUT2D eigenvalue weighted by molar-refractivity contribution is 5.80. The van der Waals surface area contributed by atoms with Crippen LogP contribution in [0.25, 0.3) is 0 Å². The maximum Gasteiger partial charge on any atom is 0.191 e. The van der Waals surface area contributed by atoms with Crippen LogP contribution in [0.15, 0.2) is 4.99 Å². The molecule has 0 radical (unpaired) electrons. The van der Waals surface area contributed by atoms with Crippen LogP contribution in [-0.2, 0) is 9.47 Å². The van der Waals surface area contributed by atoms with E-state index in [0.717, 1.165) is 32.0 Å². The van der Waals surface area contributed by atoms with Gasteiger partial charge in [0.25, 0.3) is 0 Å². The van der Waals surface area contributed by atoms with Crippen molar-refractivity contribution < 1.29 is 9.47 Å². The lowest BCUT2D eigenvalue weighted by Gasteiger charge is -2.22. The molecule has 3 rings (SSSR count). The Morgan fingerprint density at radius 2 is 2.10 bits per heavy atom. The fourth-order valence-electron chi connectivity index (χ4n) is 3.74. The summed E-state index contributed by atoms with van der Waals surface area (Å²) in [5, 5.41) is 6.89. The zero-order valence-corrected chi connectivity index (χ0v) is 13.1. The summed E-state index contributed by atoms with van der Waals surface area (Å²) in [6.45, 7) is 1.76. The highest BCUT2D eigenvalue weighted by Gasteiger charge is 2.41. The molecule has 1 aliphatic carbocycles. The fraction of sp³-hybridized carbons (Fsp3) is 0.938. The third kappa shape index (κ3) is 4.10. The topological polar surface area (TPSA) is 54.9 Å². The molecule has 3 fully saturated rings. The second-order valence-corrected chi connectivity index (χ2v) is 6.49. The SMILES string of the molecule is CN=C(NCCCOC1CCCC1)NC1CC2CCC1O2. The minimum absolute atomic E-state index is 0.388. The van der Waals surface area contributed by atoms with E-state index in [1.165, 1.54) is 38.5 Å². The van der Waals surface area contributed by atoms with Gasteiger partial charge >= 0.3 is 0 Å². The Morgan fingerprint density at radius 1 is 1.24 bits per heavy atom. The van der Waals surface area contributed by atoms with Crippen LogP contribution in [0.1, 0.15) is 51.4 Å². The first-order valence-corrected chi connectivity index (χ1v) is 8.59. The van der Waals surface area contributed by atoms with Crippen molar-refractivity contribution >= 4 is 5.96 Å². The van der Waals surface area contributed by atoms with Crippen molar-refractivity contribution in [3.05, 3.63) is 0 Å². The largest absolute Gasteiger partial charge is 0.378 e. The number of hydrogen-bond donors (Lipinski definition) is 2. The summed E-state index contributed by atoms with van der Waals surface area (Å²) in [7, 11) is 1.83. The Morgan fingerprint density at radius 3 is 2.76 bits per heavy atom. The van der Waals surface area contributed by atoms with Crippen LogP contribution in [0, 0.1) is 0 Å². The molecule has 2 bridgehead atoms. The van der Waals surface area contributed by atoms with Gasteiger partial charge in [0.1, 0.15) is 0 Å². The lowest BCUT2D eigenvalue weighted by molar-refractivity contribution is 0.0573. The van der Waals surface area contributed by atoms with Gasteiger partial charge < -0.3 is 20.1 Å². The van der Waals surface area contributed by atoms with Crippen molar-refractivity contribution in [1.82, 2.24) is 10.6 Å². The summed E-state index contributed by atoms with van der Waals surface area (Å²) in [4.78, 5) is 4.31. The minimum atomic E-state index is 0.388. The third-order valence-electron chi connectivity index (χ3n) is 4.92. The molecule has 0 spiro atoms. The van der Waals surface area contributed by atoms with Gasteiger partial charge in [-0.2, -0.15) is 0 Å². The molecule has 3 atom stereocenters. The fourth-order valence-corrected chi connectivity index (χ4v) is 3.74. The highest BCUT2D eigenvalue weighted by Crippen LogP contribution is 2.34. The molecule has 1 saturated carbocycles. The van der Waals surface area contributed by atoms with Gasteiger partial charge in [-0.1, -0.05) is 12.8 Å². The smallest absolute Gasteiger partial charge is 0.191 e. The molecule has 3 unspecified atom stereocenters. The summed E-state index contributed by atoms with van der Waals surface area (Å²) in [6, 6.07) is 0.435. The Kier molecular flexibility index (Phi) is 5.36. The summed E-state index contributed by atoms with van der Waals surface area (Å²) in [5.74, 6) is 0.900. The first-order chi connectivity index (χ1) is 10.3. The molecule has 2 aliphatic heterocycles. The Balaban J connectivity index is 1.28. The number of rotatable bonds is 6. The van der Waals surface area contributed by atoms with Crippen molar-refractivity contribution in [2.24, 2.45) is 4.99 Å². The Hall–Kier alpha value is -0.810. The zero-order chi connectivity index (χ0) is 14.5. The number of hydrogen-bond acceptors (Lipinski definition) is 3. The summed E-state index contributed by atoms with van der Waals surface area (Å²) >= 11 is 0. The van der Waals surface area contributed by atoms with E-state index in [1.807, 2.05) is 7.05 Å². The molecule has 0 amide bonds. The van der Waals surface area contributed by atoms with Crippen molar-refractivity contribution in [3.63, 3.8) is 0 Å². The monoisotopic (exact) mass is 295 g/mol. The van der Waals surface area contributed by atoms with Gasteiger partial charge in [0.2, 0.25) is 0 Å². The van der Waals surface area contributed by atoms with Crippen LogP contribution >= 0.6 is 0 Å². The van der Waals surface area contributed by atoms with Gasteiger partial charge in [-0.3, -0.25) is 4.99 Å². The van der Waals surface area contributed by atoms with Gasteiger partial charge in [0, 0.05) is 20.2 Å². The number of nitrogens with one attached hydrogen (secondary N) is 2. The van der Waals surface area contributed by atoms with Gasteiger partial charge in [0.05, 0.1) is 24.4 Å². The molecule has 0 aromatic heterocycles. The molecule has 2 heterocycles. The standard InChI is InChI=1S/C16H29N3O2/c1-17-16(19-14-11-13-7-8-15(14)21-13)18-9-4-10-20-12-5-2-3-6-12/h12-15H,2-11H2,1H3,(H2,17,18,19). The summed E-state index contributed by atoms with van der Waals surface area (Å²) in [5.41, 5.74) is 0. The number of ether oxygens (including phenoxy) is 2. The maximum absolute atomic E-state index is 5.87. The molecule has 120 valence electrons. The van der Waals surface area contributed by atoms with Crippen LogP contribution < -0.4 is 10.6 Å². The van der Waals surface area contributed by atoms with E-state index in [-0.39, 0.29) is 0 Å². The number of guanidine groups is 1. The van der Waals surface area contributed by atoms with Crippen molar-refractivity contribution in [2.75, 3.05) is 20.2 Å². The highest BCUT2D eigenvalue weighted by atomic mass is 16.5. The maximum atomic E-state index is 5.87. The van der Waals surface area contributed by atoms with Gasteiger partial charge in [-0.15, -0.1) is 0 Å². The molecule has 5 nitrogen and oxygen atoms in total. The lowest BCUT2D eigenvalue weighted by atomic mass is 9.96. The average molecular weight is 295 g/mol.